The molecule has 25 heavy (non-hydrogen) atoms. The standard InChI is InChI=1S/C17H13N7O/c18-17-20-14(13-6-3-7-25-13)15-16(21-17)24(23-22-15)9-11-8-10-4-1-2-5-12(10)19-11/h1-8,19H,9H2,(H2,18,20,21). The van der Waals surface area contributed by atoms with E-state index >= 15 is 0 Å². The average Bonchev–Trinajstić information content (AvgIpc) is 3.34. The van der Waals surface area contributed by atoms with Crippen LogP contribution in [0.1, 0.15) is 5.69 Å². The second kappa shape index (κ2) is 5.17. The van der Waals surface area contributed by atoms with Crippen LogP contribution in [0.2, 0.25) is 0 Å². The van der Waals surface area contributed by atoms with E-state index in [9.17, 15) is 0 Å². The topological polar surface area (TPSA) is 111 Å². The lowest BCUT2D eigenvalue weighted by Crippen LogP contribution is -2.05. The first-order valence-corrected chi connectivity index (χ1v) is 7.75. The van der Waals surface area contributed by atoms with Crippen LogP contribution in [0.5, 0.6) is 0 Å². The normalized spacial score (nSPS) is 11.5. The van der Waals surface area contributed by atoms with E-state index in [1.165, 1.54) is 0 Å². The molecule has 0 aliphatic carbocycles. The van der Waals surface area contributed by atoms with Crippen LogP contribution in [0.25, 0.3) is 33.5 Å². The minimum absolute atomic E-state index is 0.152. The van der Waals surface area contributed by atoms with Gasteiger partial charge in [0.15, 0.2) is 16.9 Å². The molecule has 0 saturated carbocycles. The van der Waals surface area contributed by atoms with Crippen LogP contribution in [0, 0.1) is 0 Å². The number of fused-ring (bicyclic) bond motifs is 2. The second-order valence-electron chi connectivity index (χ2n) is 5.71. The van der Waals surface area contributed by atoms with Crippen molar-refractivity contribution in [2.24, 2.45) is 0 Å². The van der Waals surface area contributed by atoms with Crippen LogP contribution in [-0.4, -0.2) is 29.9 Å². The van der Waals surface area contributed by atoms with Crippen molar-refractivity contribution in [2.45, 2.75) is 6.54 Å². The van der Waals surface area contributed by atoms with Gasteiger partial charge in [-0.1, -0.05) is 23.4 Å². The van der Waals surface area contributed by atoms with Gasteiger partial charge in [-0.3, -0.25) is 0 Å². The zero-order valence-corrected chi connectivity index (χ0v) is 13.0. The molecule has 0 spiro atoms. The Bertz CT molecular complexity index is 1150. The Morgan fingerprint density at radius 3 is 2.88 bits per heavy atom. The minimum atomic E-state index is 0.152. The zero-order valence-electron chi connectivity index (χ0n) is 13.0. The van der Waals surface area contributed by atoms with E-state index in [1.54, 1.807) is 23.1 Å². The van der Waals surface area contributed by atoms with E-state index in [2.05, 4.69) is 37.4 Å². The Morgan fingerprint density at radius 1 is 1.12 bits per heavy atom. The Hall–Kier alpha value is -3.68. The summed E-state index contributed by atoms with van der Waals surface area (Å²) in [4.78, 5) is 11.9. The summed E-state index contributed by atoms with van der Waals surface area (Å²) in [5.74, 6) is 0.732. The fraction of sp³-hybridized carbons (Fsp3) is 0.0588. The molecule has 0 aliphatic heterocycles. The van der Waals surface area contributed by atoms with Gasteiger partial charge in [0.05, 0.1) is 12.8 Å². The van der Waals surface area contributed by atoms with Gasteiger partial charge < -0.3 is 15.1 Å². The van der Waals surface area contributed by atoms with Crippen molar-refractivity contribution in [3.8, 4) is 11.5 Å². The summed E-state index contributed by atoms with van der Waals surface area (Å²) in [6, 6.07) is 13.8. The maximum Gasteiger partial charge on any atom is 0.222 e. The summed E-state index contributed by atoms with van der Waals surface area (Å²) in [5.41, 5.74) is 9.61. The maximum atomic E-state index is 5.87. The van der Waals surface area contributed by atoms with Crippen molar-refractivity contribution in [3.63, 3.8) is 0 Å². The Morgan fingerprint density at radius 2 is 2.04 bits per heavy atom. The van der Waals surface area contributed by atoms with E-state index < -0.39 is 0 Å². The molecule has 4 heterocycles. The Kier molecular flexibility index (Phi) is 2.84. The molecule has 0 fully saturated rings. The van der Waals surface area contributed by atoms with Gasteiger partial charge in [0.1, 0.15) is 5.69 Å². The molecule has 0 radical (unpaired) electrons. The molecule has 0 atom stereocenters. The molecule has 4 aromatic heterocycles. The molecule has 1 aromatic carbocycles. The molecule has 0 bridgehead atoms. The van der Waals surface area contributed by atoms with Crippen LogP contribution >= 0.6 is 0 Å². The lowest BCUT2D eigenvalue weighted by atomic mass is 10.2. The smallest absolute Gasteiger partial charge is 0.222 e. The number of nitrogens with one attached hydrogen (secondary N) is 1. The van der Waals surface area contributed by atoms with Crippen LogP contribution in [0.15, 0.2) is 53.1 Å². The fourth-order valence-corrected chi connectivity index (χ4v) is 2.94. The number of para-hydroxylation sites is 1. The summed E-state index contributed by atoms with van der Waals surface area (Å²) >= 11 is 0. The predicted octanol–water partition coefficient (Wildman–Crippen LogP) is 2.59. The summed E-state index contributed by atoms with van der Waals surface area (Å²) < 4.78 is 7.12. The highest BCUT2D eigenvalue weighted by atomic mass is 16.3. The first kappa shape index (κ1) is 13.7. The number of rotatable bonds is 3. The highest BCUT2D eigenvalue weighted by Gasteiger charge is 2.17. The monoisotopic (exact) mass is 331 g/mol. The number of benzene rings is 1. The van der Waals surface area contributed by atoms with E-state index in [0.29, 0.717) is 29.2 Å². The van der Waals surface area contributed by atoms with Crippen LogP contribution < -0.4 is 5.73 Å². The fourth-order valence-electron chi connectivity index (χ4n) is 2.94. The van der Waals surface area contributed by atoms with Crippen molar-refractivity contribution < 1.29 is 4.42 Å². The first-order valence-electron chi connectivity index (χ1n) is 7.75. The average molecular weight is 331 g/mol. The van der Waals surface area contributed by atoms with Crippen LogP contribution in [0.3, 0.4) is 0 Å². The molecule has 0 aliphatic rings. The van der Waals surface area contributed by atoms with Crippen molar-refractivity contribution in [3.05, 3.63) is 54.4 Å². The lowest BCUT2D eigenvalue weighted by Gasteiger charge is -2.02. The molecule has 3 N–H and O–H groups in total. The molecule has 0 unspecified atom stereocenters. The maximum absolute atomic E-state index is 5.87. The molecule has 8 nitrogen and oxygen atoms in total. The van der Waals surface area contributed by atoms with Crippen molar-refractivity contribution in [1.29, 1.82) is 0 Å². The SMILES string of the molecule is Nc1nc(-c2ccco2)c2nnn(Cc3cc4ccccc4[nH]3)c2n1. The molecule has 5 rings (SSSR count). The van der Waals surface area contributed by atoms with E-state index in [0.717, 1.165) is 16.6 Å². The Balaban J connectivity index is 1.62. The van der Waals surface area contributed by atoms with E-state index in [1.807, 2.05) is 18.2 Å². The van der Waals surface area contributed by atoms with Gasteiger partial charge in [0.25, 0.3) is 0 Å². The van der Waals surface area contributed by atoms with Crippen molar-refractivity contribution in [1.82, 2.24) is 29.9 Å². The molecule has 5 aromatic rings. The van der Waals surface area contributed by atoms with Gasteiger partial charge in [-0.15, -0.1) is 5.10 Å². The third-order valence-corrected chi connectivity index (χ3v) is 4.04. The summed E-state index contributed by atoms with van der Waals surface area (Å²) in [5, 5.41) is 9.59. The number of H-pyrrole nitrogens is 1. The van der Waals surface area contributed by atoms with Gasteiger partial charge >= 0.3 is 0 Å². The van der Waals surface area contributed by atoms with E-state index in [-0.39, 0.29) is 5.95 Å². The highest BCUT2D eigenvalue weighted by Crippen LogP contribution is 2.26. The van der Waals surface area contributed by atoms with Gasteiger partial charge in [-0.2, -0.15) is 4.98 Å². The van der Waals surface area contributed by atoms with Crippen LogP contribution in [-0.2, 0) is 6.54 Å². The number of hydrogen-bond donors (Lipinski definition) is 2. The number of nitrogens with two attached hydrogens (primary N) is 1. The molecule has 0 amide bonds. The third kappa shape index (κ3) is 2.23. The number of anilines is 1. The van der Waals surface area contributed by atoms with Gasteiger partial charge in [-0.05, 0) is 29.7 Å². The van der Waals surface area contributed by atoms with Crippen molar-refractivity contribution in [2.75, 3.05) is 5.73 Å². The largest absolute Gasteiger partial charge is 0.463 e. The summed E-state index contributed by atoms with van der Waals surface area (Å²) in [6.07, 6.45) is 1.58. The number of aromatic nitrogens is 6. The summed E-state index contributed by atoms with van der Waals surface area (Å²) in [7, 11) is 0. The quantitative estimate of drug-likeness (QED) is 0.525. The minimum Gasteiger partial charge on any atom is -0.463 e. The van der Waals surface area contributed by atoms with Crippen molar-refractivity contribution >= 4 is 28.0 Å². The van der Waals surface area contributed by atoms with Gasteiger partial charge in [-0.25, -0.2) is 9.67 Å². The molecule has 122 valence electrons. The zero-order chi connectivity index (χ0) is 16.8. The number of furan rings is 1. The Labute approximate surface area is 141 Å². The molecular formula is C17H13N7O. The van der Waals surface area contributed by atoms with E-state index in [4.69, 9.17) is 10.2 Å². The second-order valence-corrected chi connectivity index (χ2v) is 5.71. The van der Waals surface area contributed by atoms with Gasteiger partial charge in [0.2, 0.25) is 5.95 Å². The third-order valence-electron chi connectivity index (χ3n) is 4.04. The highest BCUT2D eigenvalue weighted by molar-refractivity contribution is 5.86. The predicted molar refractivity (Wildman–Crippen MR) is 92.6 cm³/mol. The first-order chi connectivity index (χ1) is 12.3. The molecular weight excluding hydrogens is 318 g/mol. The lowest BCUT2D eigenvalue weighted by molar-refractivity contribution is 0.580. The summed E-state index contributed by atoms with van der Waals surface area (Å²) in [6.45, 7) is 0.499. The van der Waals surface area contributed by atoms with Gasteiger partial charge in [0, 0.05) is 11.2 Å². The molecule has 8 heteroatoms. The number of hydrogen-bond acceptors (Lipinski definition) is 6. The number of aromatic amines is 1. The van der Waals surface area contributed by atoms with Crippen LogP contribution in [0.4, 0.5) is 5.95 Å². The number of nitrogen functional groups attached to an aromatic ring is 1. The molecule has 0 saturated heterocycles. The number of nitrogens with zero attached hydrogens (tertiary/aromatic N) is 5.